The van der Waals surface area contributed by atoms with Gasteiger partial charge in [-0.1, -0.05) is 0 Å². The van der Waals surface area contributed by atoms with Crippen molar-refractivity contribution in [2.45, 2.75) is 0 Å². The van der Waals surface area contributed by atoms with Gasteiger partial charge in [0.05, 0.1) is 5.39 Å². The smallest absolute Gasteiger partial charge is 0.142 e. The van der Waals surface area contributed by atoms with E-state index >= 15 is 0 Å². The van der Waals surface area contributed by atoms with Gasteiger partial charge in [-0.05, 0) is 6.07 Å². The number of rotatable bonds is 1. The molecule has 0 aromatic carbocycles. The third-order valence-electron chi connectivity index (χ3n) is 1.76. The zero-order chi connectivity index (χ0) is 8.55. The summed E-state index contributed by atoms with van der Waals surface area (Å²) in [5.41, 5.74) is 0.883. The van der Waals surface area contributed by atoms with E-state index in [9.17, 15) is 0 Å². The van der Waals surface area contributed by atoms with Gasteiger partial charge in [0.25, 0.3) is 0 Å². The molecule has 2 heterocycles. The molecule has 0 aliphatic carbocycles. The van der Waals surface area contributed by atoms with Crippen LogP contribution in [-0.4, -0.2) is 29.0 Å². The van der Waals surface area contributed by atoms with Crippen LogP contribution in [0.15, 0.2) is 18.6 Å². The van der Waals surface area contributed by atoms with E-state index in [1.165, 1.54) is 0 Å². The fourth-order valence-corrected chi connectivity index (χ4v) is 1.22. The van der Waals surface area contributed by atoms with Crippen LogP contribution in [0.25, 0.3) is 11.0 Å². The van der Waals surface area contributed by atoms with E-state index in [2.05, 4.69) is 15.0 Å². The fraction of sp³-hybridized carbons (Fsp3) is 0.250. The van der Waals surface area contributed by atoms with Gasteiger partial charge in [0.15, 0.2) is 0 Å². The van der Waals surface area contributed by atoms with Gasteiger partial charge < -0.3 is 9.88 Å². The number of anilines is 1. The Balaban J connectivity index is 0.000000845. The summed E-state index contributed by atoms with van der Waals surface area (Å²) in [4.78, 5) is 13.3. The number of fused-ring (bicyclic) bond motifs is 1. The number of aromatic amines is 1. The number of aromatic nitrogens is 3. The van der Waals surface area contributed by atoms with Crippen LogP contribution in [0.5, 0.6) is 0 Å². The first-order valence-corrected chi connectivity index (χ1v) is 3.74. The zero-order valence-electron chi connectivity index (χ0n) is 7.52. The van der Waals surface area contributed by atoms with Crippen molar-refractivity contribution in [1.29, 1.82) is 0 Å². The summed E-state index contributed by atoms with van der Waals surface area (Å²) in [6.45, 7) is 0. The third-order valence-corrected chi connectivity index (χ3v) is 1.76. The molecule has 0 aliphatic rings. The van der Waals surface area contributed by atoms with E-state index in [0.717, 1.165) is 16.9 Å². The second-order valence-electron chi connectivity index (χ2n) is 2.83. The Morgan fingerprint density at radius 2 is 2.15 bits per heavy atom. The minimum Gasteiger partial charge on any atom is -0.362 e. The van der Waals surface area contributed by atoms with Crippen LogP contribution in [0.1, 0.15) is 1.43 Å². The Morgan fingerprint density at radius 1 is 1.38 bits per heavy atom. The first-order valence-electron chi connectivity index (χ1n) is 3.74. The molecule has 69 valence electrons. The van der Waals surface area contributed by atoms with Crippen LogP contribution in [0.4, 0.5) is 5.82 Å². The van der Waals surface area contributed by atoms with Gasteiger partial charge >= 0.3 is 0 Å². The molecular weight excluding hydrogens is 203 g/mol. The molecule has 0 fully saturated rings. The van der Waals surface area contributed by atoms with Gasteiger partial charge in [-0.15, -0.1) is 0 Å². The van der Waals surface area contributed by atoms with Crippen molar-refractivity contribution in [2.75, 3.05) is 19.0 Å². The van der Waals surface area contributed by atoms with Gasteiger partial charge in [0.2, 0.25) is 0 Å². The van der Waals surface area contributed by atoms with Gasteiger partial charge in [0, 0.05) is 40.3 Å². The maximum absolute atomic E-state index is 4.17. The zero-order valence-corrected chi connectivity index (χ0v) is 8.92. The van der Waals surface area contributed by atoms with Crippen LogP contribution < -0.4 is 4.90 Å². The summed E-state index contributed by atoms with van der Waals surface area (Å²) in [6, 6.07) is 1.98. The number of nitrogens with zero attached hydrogens (tertiary/aromatic N) is 3. The van der Waals surface area contributed by atoms with Gasteiger partial charge in [0.1, 0.15) is 17.8 Å². The van der Waals surface area contributed by atoms with Crippen LogP contribution >= 0.6 is 0 Å². The van der Waals surface area contributed by atoms with E-state index in [4.69, 9.17) is 0 Å². The van der Waals surface area contributed by atoms with Gasteiger partial charge in [-0.25, -0.2) is 9.97 Å². The topological polar surface area (TPSA) is 44.8 Å². The summed E-state index contributed by atoms with van der Waals surface area (Å²) < 4.78 is 0. The number of nitrogens with one attached hydrogen (secondary N) is 1. The molecular formula is C8H12N4V. The van der Waals surface area contributed by atoms with Crippen LogP contribution in [0, 0.1) is 0 Å². The Bertz CT molecular complexity index is 401. The van der Waals surface area contributed by atoms with E-state index in [1.54, 1.807) is 6.33 Å². The van der Waals surface area contributed by atoms with Crippen LogP contribution in [0.3, 0.4) is 0 Å². The van der Waals surface area contributed by atoms with E-state index in [1.807, 2.05) is 31.3 Å². The summed E-state index contributed by atoms with van der Waals surface area (Å²) in [5, 5.41) is 1.06. The van der Waals surface area contributed by atoms with Crippen molar-refractivity contribution in [3.05, 3.63) is 18.6 Å². The molecule has 0 spiro atoms. The summed E-state index contributed by atoms with van der Waals surface area (Å²) in [7, 11) is 3.93. The van der Waals surface area contributed by atoms with Crippen LogP contribution in [0.2, 0.25) is 0 Å². The Kier molecular flexibility index (Phi) is 2.96. The van der Waals surface area contributed by atoms with E-state index in [-0.39, 0.29) is 20.0 Å². The normalized spacial score (nSPS) is 9.69. The Labute approximate surface area is 89.7 Å². The van der Waals surface area contributed by atoms with E-state index < -0.39 is 0 Å². The summed E-state index contributed by atoms with van der Waals surface area (Å²) >= 11 is 0. The van der Waals surface area contributed by atoms with Gasteiger partial charge in [-0.3, -0.25) is 0 Å². The molecule has 0 bridgehead atoms. The second-order valence-corrected chi connectivity index (χ2v) is 2.83. The number of hydrogen-bond acceptors (Lipinski definition) is 3. The SMILES string of the molecule is CN(C)c1ncnc2[nH]ccc12.[HH].[V]. The molecule has 2 rings (SSSR count). The van der Waals surface area contributed by atoms with Crippen molar-refractivity contribution in [1.82, 2.24) is 15.0 Å². The monoisotopic (exact) mass is 215 g/mol. The van der Waals surface area contributed by atoms with Crippen molar-refractivity contribution >= 4 is 16.9 Å². The van der Waals surface area contributed by atoms with Crippen molar-refractivity contribution < 1.29 is 20.0 Å². The molecule has 0 saturated carbocycles. The predicted octanol–water partition coefficient (Wildman–Crippen LogP) is 1.27. The summed E-state index contributed by atoms with van der Waals surface area (Å²) in [6.07, 6.45) is 3.43. The minimum atomic E-state index is 0. The second kappa shape index (κ2) is 3.81. The maximum Gasteiger partial charge on any atom is 0.142 e. The molecule has 0 unspecified atom stereocenters. The van der Waals surface area contributed by atoms with Crippen molar-refractivity contribution in [2.24, 2.45) is 0 Å². The quantitative estimate of drug-likeness (QED) is 0.779. The average molecular weight is 215 g/mol. The first-order chi connectivity index (χ1) is 5.79. The Morgan fingerprint density at radius 3 is 2.85 bits per heavy atom. The molecule has 5 heteroatoms. The number of hydrogen-bond donors (Lipinski definition) is 1. The van der Waals surface area contributed by atoms with Gasteiger partial charge in [-0.2, -0.15) is 0 Å². The molecule has 0 aliphatic heterocycles. The molecule has 2 aromatic rings. The van der Waals surface area contributed by atoms with E-state index in [0.29, 0.717) is 0 Å². The Hall–Kier alpha value is -0.996. The molecule has 13 heavy (non-hydrogen) atoms. The summed E-state index contributed by atoms with van der Waals surface area (Å²) in [5.74, 6) is 0.946. The molecule has 0 saturated heterocycles. The maximum atomic E-state index is 4.17. The molecule has 1 radical (unpaired) electrons. The molecule has 0 amide bonds. The van der Waals surface area contributed by atoms with Crippen molar-refractivity contribution in [3.63, 3.8) is 0 Å². The van der Waals surface area contributed by atoms with Crippen molar-refractivity contribution in [3.8, 4) is 0 Å². The van der Waals surface area contributed by atoms with Crippen LogP contribution in [-0.2, 0) is 18.6 Å². The standard InChI is InChI=1S/C8H10N4.V.H2/c1-12(2)8-6-3-4-9-7(6)10-5-11-8;;/h3-5H,1-2H3,(H,9,10,11);;1H. The molecule has 1 N–H and O–H groups in total. The molecule has 2 aromatic heterocycles. The molecule has 4 nitrogen and oxygen atoms in total. The fourth-order valence-electron chi connectivity index (χ4n) is 1.22. The third kappa shape index (κ3) is 1.69. The first kappa shape index (κ1) is 10.1. The number of H-pyrrole nitrogens is 1. The average Bonchev–Trinajstić information content (AvgIpc) is 2.49. The minimum absolute atomic E-state index is 0. The molecule has 0 atom stereocenters. The predicted molar refractivity (Wildman–Crippen MR) is 50.3 cm³/mol. The largest absolute Gasteiger partial charge is 0.362 e.